The molecule has 2 atom stereocenters. The number of guanidine groups is 1. The van der Waals surface area contributed by atoms with Crippen molar-refractivity contribution >= 4 is 18.0 Å². The number of hydrogen-bond donors (Lipinski definition) is 4. The molecular formula is C19H29N5O3. The summed E-state index contributed by atoms with van der Waals surface area (Å²) in [7, 11) is 1.34. The maximum Gasteiger partial charge on any atom is 0.328 e. The number of carbonyl (C=O) groups is 1. The summed E-state index contributed by atoms with van der Waals surface area (Å²) in [5.41, 5.74) is 0.676. The number of nitrogens with zero attached hydrogens (tertiary/aromatic N) is 1. The van der Waals surface area contributed by atoms with Gasteiger partial charge in [-0.15, -0.1) is 0 Å². The van der Waals surface area contributed by atoms with Crippen LogP contribution in [0.4, 0.5) is 0 Å². The summed E-state index contributed by atoms with van der Waals surface area (Å²) in [6.07, 6.45) is 0.429. The van der Waals surface area contributed by atoms with E-state index < -0.39 is 12.0 Å². The summed E-state index contributed by atoms with van der Waals surface area (Å²) < 4.78 is 10.3. The normalized spacial score (nSPS) is 19.3. The van der Waals surface area contributed by atoms with Gasteiger partial charge in [-0.3, -0.25) is 10.8 Å². The molecule has 27 heavy (non-hydrogen) atoms. The number of carbonyl (C=O) groups excluding carboxylic acids is 1. The Morgan fingerprint density at radius 1 is 1.26 bits per heavy atom. The highest BCUT2D eigenvalue weighted by Crippen LogP contribution is 2.20. The van der Waals surface area contributed by atoms with Gasteiger partial charge in [0.1, 0.15) is 12.6 Å². The quantitative estimate of drug-likeness (QED) is 0.362. The lowest BCUT2D eigenvalue weighted by atomic mass is 10.1. The molecule has 1 heterocycles. The number of likely N-dealkylation sites (tertiary alicyclic amines) is 1. The van der Waals surface area contributed by atoms with Gasteiger partial charge in [0, 0.05) is 18.5 Å². The molecule has 4 N–H and O–H groups in total. The fourth-order valence-electron chi connectivity index (χ4n) is 2.93. The van der Waals surface area contributed by atoms with Crippen molar-refractivity contribution in [3.05, 3.63) is 35.9 Å². The van der Waals surface area contributed by atoms with Gasteiger partial charge in [0.25, 0.3) is 6.02 Å². The topological polar surface area (TPSA) is 111 Å². The number of esters is 1. The molecule has 0 radical (unpaired) electrons. The van der Waals surface area contributed by atoms with E-state index in [2.05, 4.69) is 10.6 Å². The van der Waals surface area contributed by atoms with E-state index in [0.717, 1.165) is 5.56 Å². The van der Waals surface area contributed by atoms with Crippen LogP contribution in [0.2, 0.25) is 0 Å². The van der Waals surface area contributed by atoms with Crippen LogP contribution in [0, 0.1) is 10.8 Å². The molecule has 0 bridgehead atoms. The van der Waals surface area contributed by atoms with Gasteiger partial charge in [0.05, 0.1) is 13.2 Å². The van der Waals surface area contributed by atoms with Gasteiger partial charge in [-0.2, -0.15) is 0 Å². The lowest BCUT2D eigenvalue weighted by Gasteiger charge is -2.30. The molecule has 148 valence electrons. The van der Waals surface area contributed by atoms with Crippen LogP contribution in [0.15, 0.2) is 30.3 Å². The van der Waals surface area contributed by atoms with Crippen LogP contribution in [0.5, 0.6) is 0 Å². The number of nitrogens with one attached hydrogen (secondary N) is 4. The standard InChI is InChI=1S/C19H29N5O3/c1-19(2,3)23-17(20)24-11-14(10-15(24)16(25)26-4)22-18(21)27-12-13-8-6-5-7-9-13/h5-9,14-15H,10-12H2,1-4H3,(H2,20,23)(H2,21,22)/t14-,15-/m0/s1. The lowest BCUT2D eigenvalue weighted by molar-refractivity contribution is -0.144. The second-order valence-corrected chi connectivity index (χ2v) is 7.60. The first-order valence-electron chi connectivity index (χ1n) is 8.92. The first kappa shape index (κ1) is 20.5. The van der Waals surface area contributed by atoms with Crippen LogP contribution in [0.25, 0.3) is 0 Å². The Morgan fingerprint density at radius 2 is 1.93 bits per heavy atom. The van der Waals surface area contributed by atoms with E-state index in [4.69, 9.17) is 20.3 Å². The molecule has 2 rings (SSSR count). The van der Waals surface area contributed by atoms with Gasteiger partial charge in [-0.05, 0) is 26.3 Å². The van der Waals surface area contributed by atoms with Gasteiger partial charge in [0.15, 0.2) is 5.96 Å². The molecule has 1 aliphatic rings. The summed E-state index contributed by atoms with van der Waals surface area (Å²) in [5.74, 6) is -0.226. The second kappa shape index (κ2) is 8.75. The van der Waals surface area contributed by atoms with Gasteiger partial charge in [-0.25, -0.2) is 4.79 Å². The molecule has 1 fully saturated rings. The lowest BCUT2D eigenvalue weighted by Crippen LogP contribution is -2.52. The van der Waals surface area contributed by atoms with E-state index in [1.807, 2.05) is 51.1 Å². The Balaban J connectivity index is 1.94. The first-order chi connectivity index (χ1) is 12.7. The second-order valence-electron chi connectivity index (χ2n) is 7.60. The van der Waals surface area contributed by atoms with E-state index in [0.29, 0.717) is 19.6 Å². The van der Waals surface area contributed by atoms with Crippen molar-refractivity contribution < 1.29 is 14.3 Å². The molecular weight excluding hydrogens is 346 g/mol. The van der Waals surface area contributed by atoms with Crippen molar-refractivity contribution in [1.29, 1.82) is 10.8 Å². The number of methoxy groups -OCH3 is 1. The highest BCUT2D eigenvalue weighted by Gasteiger charge is 2.40. The molecule has 0 amide bonds. The zero-order chi connectivity index (χ0) is 20.0. The number of amidine groups is 1. The molecule has 8 heteroatoms. The molecule has 1 saturated heterocycles. The minimum atomic E-state index is -0.572. The highest BCUT2D eigenvalue weighted by atomic mass is 16.5. The summed E-state index contributed by atoms with van der Waals surface area (Å²) >= 11 is 0. The Bertz CT molecular complexity index is 672. The van der Waals surface area contributed by atoms with E-state index in [1.165, 1.54) is 7.11 Å². The number of ether oxygens (including phenoxy) is 2. The van der Waals surface area contributed by atoms with Gasteiger partial charge in [-0.1, -0.05) is 30.3 Å². The summed E-state index contributed by atoms with van der Waals surface area (Å²) in [6, 6.07) is 8.79. The highest BCUT2D eigenvalue weighted by molar-refractivity contribution is 5.86. The number of benzene rings is 1. The minimum Gasteiger partial charge on any atom is -0.467 e. The molecule has 0 spiro atoms. The minimum absolute atomic E-state index is 0.0513. The average molecular weight is 375 g/mol. The largest absolute Gasteiger partial charge is 0.467 e. The maximum atomic E-state index is 12.1. The summed E-state index contributed by atoms with van der Waals surface area (Å²) in [4.78, 5) is 13.8. The average Bonchev–Trinajstić information content (AvgIpc) is 3.02. The Morgan fingerprint density at radius 3 is 2.52 bits per heavy atom. The van der Waals surface area contributed by atoms with Crippen molar-refractivity contribution in [3.63, 3.8) is 0 Å². The van der Waals surface area contributed by atoms with Crippen LogP contribution in [0.3, 0.4) is 0 Å². The molecule has 1 aromatic carbocycles. The fourth-order valence-corrected chi connectivity index (χ4v) is 2.93. The van der Waals surface area contributed by atoms with Crippen molar-refractivity contribution in [2.75, 3.05) is 13.7 Å². The summed E-state index contributed by atoms with van der Waals surface area (Å²) in [5, 5.41) is 22.4. The molecule has 0 aliphatic carbocycles. The third kappa shape index (κ3) is 6.16. The van der Waals surface area contributed by atoms with Crippen LogP contribution < -0.4 is 10.6 Å². The Kier molecular flexibility index (Phi) is 6.65. The van der Waals surface area contributed by atoms with Crippen molar-refractivity contribution in [2.45, 2.75) is 51.4 Å². The third-order valence-corrected chi connectivity index (χ3v) is 4.12. The molecule has 0 saturated carbocycles. The third-order valence-electron chi connectivity index (χ3n) is 4.12. The van der Waals surface area contributed by atoms with Crippen LogP contribution in [-0.2, 0) is 20.9 Å². The Labute approximate surface area is 160 Å². The van der Waals surface area contributed by atoms with Crippen LogP contribution >= 0.6 is 0 Å². The molecule has 1 aliphatic heterocycles. The van der Waals surface area contributed by atoms with E-state index >= 15 is 0 Å². The predicted octanol–water partition coefficient (Wildman–Crippen LogP) is 1.67. The van der Waals surface area contributed by atoms with Crippen molar-refractivity contribution in [3.8, 4) is 0 Å². The van der Waals surface area contributed by atoms with E-state index in [9.17, 15) is 4.79 Å². The van der Waals surface area contributed by atoms with Crippen LogP contribution in [0.1, 0.15) is 32.8 Å². The number of hydrogen-bond acceptors (Lipinski definition) is 5. The molecule has 0 aromatic heterocycles. The SMILES string of the molecule is COC(=O)[C@@H]1C[C@H](NC(=N)OCc2ccccc2)CN1C(=N)NC(C)(C)C. The molecule has 0 unspecified atom stereocenters. The zero-order valence-electron chi connectivity index (χ0n) is 16.3. The van der Waals surface area contributed by atoms with Gasteiger partial charge in [0.2, 0.25) is 0 Å². The predicted molar refractivity (Wildman–Crippen MR) is 104 cm³/mol. The van der Waals surface area contributed by atoms with Crippen molar-refractivity contribution in [2.24, 2.45) is 0 Å². The van der Waals surface area contributed by atoms with Gasteiger partial charge >= 0.3 is 5.97 Å². The number of rotatable bonds is 4. The van der Waals surface area contributed by atoms with E-state index in [1.54, 1.807) is 4.90 Å². The monoisotopic (exact) mass is 375 g/mol. The zero-order valence-corrected chi connectivity index (χ0v) is 16.3. The maximum absolute atomic E-state index is 12.1. The van der Waals surface area contributed by atoms with E-state index in [-0.39, 0.29) is 23.6 Å². The molecule has 1 aromatic rings. The van der Waals surface area contributed by atoms with Gasteiger partial charge < -0.3 is 25.0 Å². The molecule has 8 nitrogen and oxygen atoms in total. The smallest absolute Gasteiger partial charge is 0.328 e. The van der Waals surface area contributed by atoms with Crippen molar-refractivity contribution in [1.82, 2.24) is 15.5 Å². The summed E-state index contributed by atoms with van der Waals surface area (Å²) in [6.45, 7) is 6.55. The Hall–Kier alpha value is -2.77. The van der Waals surface area contributed by atoms with Crippen LogP contribution in [-0.4, -0.2) is 54.1 Å². The fraction of sp³-hybridized carbons (Fsp3) is 0.526. The first-order valence-corrected chi connectivity index (χ1v) is 8.92.